The molecule has 0 aliphatic carbocycles. The summed E-state index contributed by atoms with van der Waals surface area (Å²) in [7, 11) is 0. The largest absolute Gasteiger partial charge is 0.452 e. The number of ketones is 1. The number of oxazole rings is 1. The first-order valence-corrected chi connectivity index (χ1v) is 16.5. The van der Waals surface area contributed by atoms with Gasteiger partial charge in [0.25, 0.3) is 0 Å². The zero-order valence-corrected chi connectivity index (χ0v) is 28.3. The Labute approximate surface area is 288 Å². The van der Waals surface area contributed by atoms with E-state index in [9.17, 15) is 22.8 Å². The summed E-state index contributed by atoms with van der Waals surface area (Å²) in [6, 6.07) is 23.9. The molecule has 50 heavy (non-hydrogen) atoms. The van der Waals surface area contributed by atoms with E-state index in [1.807, 2.05) is 58.0 Å². The number of amides is 2. The number of aryl methyl sites for hydroxylation is 1. The lowest BCUT2D eigenvalue weighted by Crippen LogP contribution is -2.34. The van der Waals surface area contributed by atoms with Crippen LogP contribution in [0.25, 0.3) is 17.1 Å². The van der Waals surface area contributed by atoms with E-state index in [2.05, 4.69) is 20.9 Å². The number of nitrogens with one attached hydrogen (secondary N) is 3. The van der Waals surface area contributed by atoms with E-state index >= 15 is 0 Å². The Kier molecular flexibility index (Phi) is 9.66. The molecular weight excluding hydrogens is 645 g/mol. The molecule has 3 aromatic carbocycles. The first-order valence-electron chi connectivity index (χ1n) is 16.5. The molecule has 2 aromatic heterocycles. The third kappa shape index (κ3) is 7.65. The summed E-state index contributed by atoms with van der Waals surface area (Å²) in [5.41, 5.74) is 2.97. The summed E-state index contributed by atoms with van der Waals surface area (Å²) in [5, 5.41) is 13.7. The number of halogens is 3. The topological polar surface area (TPSA) is 114 Å². The minimum absolute atomic E-state index is 0.233. The van der Waals surface area contributed by atoms with Crippen molar-refractivity contribution in [2.24, 2.45) is 5.92 Å². The third-order valence-corrected chi connectivity index (χ3v) is 8.80. The van der Waals surface area contributed by atoms with Gasteiger partial charge in [-0.1, -0.05) is 68.8 Å². The van der Waals surface area contributed by atoms with Crippen LogP contribution in [0.4, 0.5) is 29.5 Å². The van der Waals surface area contributed by atoms with Crippen LogP contribution in [-0.4, -0.2) is 39.7 Å². The molecule has 2 amide bonds. The monoisotopic (exact) mass is 684 g/mol. The van der Waals surface area contributed by atoms with Gasteiger partial charge < -0.3 is 15.1 Å². The van der Waals surface area contributed by atoms with Gasteiger partial charge in [0.05, 0.1) is 17.3 Å². The number of rotatable bonds is 8. The van der Waals surface area contributed by atoms with Crippen molar-refractivity contribution in [3.63, 3.8) is 0 Å². The molecule has 3 heterocycles. The van der Waals surface area contributed by atoms with Gasteiger partial charge in [0, 0.05) is 22.7 Å². The van der Waals surface area contributed by atoms with Crippen molar-refractivity contribution >= 4 is 23.3 Å². The van der Waals surface area contributed by atoms with Crippen molar-refractivity contribution in [2.75, 3.05) is 23.7 Å². The summed E-state index contributed by atoms with van der Waals surface area (Å²) in [5.74, 6) is -3.10. The Morgan fingerprint density at radius 2 is 1.58 bits per heavy atom. The van der Waals surface area contributed by atoms with Crippen molar-refractivity contribution in [3.8, 4) is 17.1 Å². The summed E-state index contributed by atoms with van der Waals surface area (Å²) in [4.78, 5) is 31.5. The number of alkyl halides is 3. The van der Waals surface area contributed by atoms with Crippen LogP contribution >= 0.6 is 0 Å². The number of nitrogens with zero attached hydrogens (tertiary/aromatic N) is 3. The second-order valence-electron chi connectivity index (χ2n) is 13.6. The quantitative estimate of drug-likeness (QED) is 0.141. The summed E-state index contributed by atoms with van der Waals surface area (Å²) < 4.78 is 49.6. The number of anilines is 2. The molecule has 6 rings (SSSR count). The molecule has 3 N–H and O–H groups in total. The minimum Gasteiger partial charge on any atom is -0.431 e. The van der Waals surface area contributed by atoms with Crippen molar-refractivity contribution in [3.05, 3.63) is 113 Å². The highest BCUT2D eigenvalue weighted by molar-refractivity contribution is 6.01. The number of urea groups is 1. The number of aromatic nitrogens is 3. The molecule has 1 aliphatic heterocycles. The Balaban J connectivity index is 1.26. The number of hydrogen-bond donors (Lipinski definition) is 3. The van der Waals surface area contributed by atoms with Gasteiger partial charge in [-0.3, -0.25) is 10.1 Å². The molecular formula is C38H39F3N6O3. The normalized spacial score (nSPS) is 14.7. The van der Waals surface area contributed by atoms with Gasteiger partial charge in [-0.15, -0.1) is 0 Å². The number of piperidine rings is 1. The molecule has 12 heteroatoms. The van der Waals surface area contributed by atoms with Crippen molar-refractivity contribution in [1.29, 1.82) is 0 Å². The van der Waals surface area contributed by atoms with Gasteiger partial charge in [-0.05, 0) is 80.7 Å². The molecule has 5 aromatic rings. The first kappa shape index (κ1) is 34.6. The van der Waals surface area contributed by atoms with Crippen molar-refractivity contribution in [2.45, 2.75) is 58.0 Å². The lowest BCUT2D eigenvalue weighted by atomic mass is 9.77. The van der Waals surface area contributed by atoms with Gasteiger partial charge in [0.15, 0.2) is 11.5 Å². The highest BCUT2D eigenvalue weighted by atomic mass is 19.4. The Bertz CT molecular complexity index is 1950. The van der Waals surface area contributed by atoms with E-state index in [0.717, 1.165) is 16.9 Å². The predicted octanol–water partition coefficient (Wildman–Crippen LogP) is 8.76. The molecule has 1 unspecified atom stereocenters. The Morgan fingerprint density at radius 1 is 0.920 bits per heavy atom. The third-order valence-electron chi connectivity index (χ3n) is 8.80. The molecule has 260 valence electrons. The minimum atomic E-state index is -4.92. The van der Waals surface area contributed by atoms with Gasteiger partial charge >= 0.3 is 12.2 Å². The zero-order valence-electron chi connectivity index (χ0n) is 28.3. The molecule has 0 saturated carbocycles. The SMILES string of the molecule is Cc1ccc(-n2nc(C(C)(C)C)cc2NC(=O)Nc2ccc(C(C(=O)c3nc(-c4ccccc4)oc3C(F)(F)F)C3CCNCC3)cc2)cc1. The average molecular weight is 685 g/mol. The maximum absolute atomic E-state index is 14.2. The number of benzene rings is 3. The predicted molar refractivity (Wildman–Crippen MR) is 186 cm³/mol. The van der Waals surface area contributed by atoms with Crippen molar-refractivity contribution in [1.82, 2.24) is 20.1 Å². The fraction of sp³-hybridized carbons (Fsp3) is 0.316. The summed E-state index contributed by atoms with van der Waals surface area (Å²) >= 11 is 0. The van der Waals surface area contributed by atoms with Crippen LogP contribution in [0.3, 0.4) is 0 Å². The molecule has 0 bridgehead atoms. The molecule has 0 spiro atoms. The lowest BCUT2D eigenvalue weighted by molar-refractivity contribution is -0.153. The molecule has 9 nitrogen and oxygen atoms in total. The van der Waals surface area contributed by atoms with Crippen LogP contribution in [-0.2, 0) is 11.6 Å². The first-order chi connectivity index (χ1) is 23.8. The van der Waals surface area contributed by atoms with Crippen molar-refractivity contribution < 1.29 is 27.2 Å². The van der Waals surface area contributed by atoms with Gasteiger partial charge in [0.1, 0.15) is 5.82 Å². The maximum atomic E-state index is 14.2. The van der Waals surface area contributed by atoms with E-state index in [-0.39, 0.29) is 17.2 Å². The molecule has 1 atom stereocenters. The Morgan fingerprint density at radius 3 is 2.20 bits per heavy atom. The highest BCUT2D eigenvalue weighted by Crippen LogP contribution is 2.40. The number of hydrogen-bond acceptors (Lipinski definition) is 6. The second kappa shape index (κ2) is 13.9. The molecule has 1 aliphatic rings. The average Bonchev–Trinajstić information content (AvgIpc) is 3.73. The van der Waals surface area contributed by atoms with Gasteiger partial charge in [0.2, 0.25) is 11.7 Å². The summed E-state index contributed by atoms with van der Waals surface area (Å²) in [6.45, 7) is 9.37. The van der Waals surface area contributed by atoms with Crippen LogP contribution < -0.4 is 16.0 Å². The highest BCUT2D eigenvalue weighted by Gasteiger charge is 2.44. The van der Waals surface area contributed by atoms with E-state index in [4.69, 9.17) is 9.52 Å². The van der Waals surface area contributed by atoms with Crippen LogP contribution in [0, 0.1) is 12.8 Å². The van der Waals surface area contributed by atoms with E-state index in [0.29, 0.717) is 48.6 Å². The van der Waals surface area contributed by atoms with Gasteiger partial charge in [-0.25, -0.2) is 14.5 Å². The number of carbonyl (C=O) groups is 2. The number of Topliss-reactive ketones (excluding diaryl/α,β-unsaturated/α-hetero) is 1. The summed E-state index contributed by atoms with van der Waals surface area (Å²) in [6.07, 6.45) is -3.74. The van der Waals surface area contributed by atoms with Crippen LogP contribution in [0.15, 0.2) is 89.3 Å². The van der Waals surface area contributed by atoms with Crippen LogP contribution in [0.1, 0.15) is 72.6 Å². The van der Waals surface area contributed by atoms with E-state index < -0.39 is 35.4 Å². The van der Waals surface area contributed by atoms with E-state index in [1.54, 1.807) is 59.3 Å². The maximum Gasteiger partial charge on any atom is 0.452 e. The van der Waals surface area contributed by atoms with E-state index in [1.165, 1.54) is 0 Å². The fourth-order valence-electron chi connectivity index (χ4n) is 6.12. The zero-order chi connectivity index (χ0) is 35.6. The number of carbonyl (C=O) groups excluding carboxylic acids is 2. The molecule has 0 radical (unpaired) electrons. The second-order valence-corrected chi connectivity index (χ2v) is 13.6. The van der Waals surface area contributed by atoms with Crippen LogP contribution in [0.2, 0.25) is 0 Å². The van der Waals surface area contributed by atoms with Crippen LogP contribution in [0.5, 0.6) is 0 Å². The smallest absolute Gasteiger partial charge is 0.431 e. The standard InChI is InChI=1S/C38H39F3N6O3/c1-23-10-16-28(17-11-23)47-30(22-29(46-47)37(2,3)4)44-36(49)43-27-14-12-24(13-15-27)31(25-18-20-42-21-19-25)33(48)32-34(38(39,40)41)50-35(45-32)26-8-6-5-7-9-26/h5-17,22,25,31,42H,18-21H2,1-4H3,(H2,43,44,49). The lowest BCUT2D eigenvalue weighted by Gasteiger charge is -2.30. The Hall–Kier alpha value is -5.23. The molecule has 1 fully saturated rings. The van der Waals surface area contributed by atoms with Gasteiger partial charge in [-0.2, -0.15) is 18.3 Å². The fourth-order valence-corrected chi connectivity index (χ4v) is 6.12. The molecule has 1 saturated heterocycles.